The van der Waals surface area contributed by atoms with Crippen molar-refractivity contribution in [2.75, 3.05) is 6.61 Å². The van der Waals surface area contributed by atoms with Crippen LogP contribution in [-0.2, 0) is 0 Å². The largest absolute Gasteiger partial charge is 0.463 e. The summed E-state index contributed by atoms with van der Waals surface area (Å²) in [5, 5.41) is 0. The van der Waals surface area contributed by atoms with Gasteiger partial charge in [0.1, 0.15) is 6.61 Å². The number of aromatic nitrogens is 2. The van der Waals surface area contributed by atoms with E-state index < -0.39 is 19.2 Å². The number of rotatable bonds is 3. The van der Waals surface area contributed by atoms with Crippen LogP contribution in [0.25, 0.3) is 0 Å². The Morgan fingerprint density at radius 1 is 1.43 bits per heavy atom. The van der Waals surface area contributed by atoms with Gasteiger partial charge in [-0.05, 0) is 13.0 Å². The van der Waals surface area contributed by atoms with Crippen molar-refractivity contribution < 1.29 is 17.9 Å². The minimum atomic E-state index is -4.20. The highest BCUT2D eigenvalue weighted by atomic mass is 19.4. The van der Waals surface area contributed by atoms with Gasteiger partial charge in [0, 0.05) is 11.9 Å². The molecule has 0 aliphatic carbocycles. The molecule has 1 aromatic heterocycles. The quantitative estimate of drug-likeness (QED) is 0.759. The summed E-state index contributed by atoms with van der Waals surface area (Å²) < 4.78 is 39.9. The van der Waals surface area contributed by atoms with Crippen LogP contribution in [0.1, 0.15) is 12.1 Å². The second kappa shape index (κ2) is 4.26. The number of alkyl halides is 3. The molecule has 3 nitrogen and oxygen atoms in total. The average Bonchev–Trinajstić information content (AvgIpc) is 2.01. The summed E-state index contributed by atoms with van der Waals surface area (Å²) in [6.45, 7) is 1.26. The van der Waals surface area contributed by atoms with Crippen molar-refractivity contribution in [3.8, 4) is 6.01 Å². The lowest BCUT2D eigenvalue weighted by Crippen LogP contribution is -2.13. The first-order valence-corrected chi connectivity index (χ1v) is 3.96. The van der Waals surface area contributed by atoms with Crippen LogP contribution in [0.5, 0.6) is 6.01 Å². The van der Waals surface area contributed by atoms with Gasteiger partial charge in [0.15, 0.2) is 0 Å². The van der Waals surface area contributed by atoms with Gasteiger partial charge in [0.2, 0.25) is 0 Å². The van der Waals surface area contributed by atoms with E-state index in [-0.39, 0.29) is 6.01 Å². The summed E-state index contributed by atoms with van der Waals surface area (Å²) in [4.78, 5) is 7.45. The summed E-state index contributed by atoms with van der Waals surface area (Å²) in [7, 11) is 0. The second-order valence-electron chi connectivity index (χ2n) is 2.69. The van der Waals surface area contributed by atoms with E-state index in [1.54, 1.807) is 13.0 Å². The lowest BCUT2D eigenvalue weighted by atomic mass is 10.4. The minimum absolute atomic E-state index is 0.0192. The zero-order chi connectivity index (χ0) is 10.6. The van der Waals surface area contributed by atoms with E-state index in [9.17, 15) is 13.2 Å². The average molecular weight is 206 g/mol. The predicted octanol–water partition coefficient (Wildman–Crippen LogP) is 2.12. The number of aryl methyl sites for hydroxylation is 1. The molecule has 0 aliphatic heterocycles. The highest BCUT2D eigenvalue weighted by Gasteiger charge is 2.26. The number of nitrogens with zero attached hydrogens (tertiary/aromatic N) is 2. The molecule has 6 heteroatoms. The molecule has 0 bridgehead atoms. The van der Waals surface area contributed by atoms with Gasteiger partial charge in [0.05, 0.1) is 6.42 Å². The Kier molecular flexibility index (Phi) is 3.27. The fourth-order valence-electron chi connectivity index (χ4n) is 0.753. The molecule has 14 heavy (non-hydrogen) atoms. The molecule has 0 saturated heterocycles. The van der Waals surface area contributed by atoms with Crippen LogP contribution in [0.4, 0.5) is 13.2 Å². The van der Waals surface area contributed by atoms with Gasteiger partial charge in [-0.15, -0.1) is 0 Å². The van der Waals surface area contributed by atoms with Crippen LogP contribution < -0.4 is 4.74 Å². The highest BCUT2D eigenvalue weighted by Crippen LogP contribution is 2.19. The number of hydrogen-bond donors (Lipinski definition) is 0. The molecule has 1 heterocycles. The van der Waals surface area contributed by atoms with E-state index in [1.165, 1.54) is 6.20 Å². The van der Waals surface area contributed by atoms with E-state index in [4.69, 9.17) is 4.74 Å². The molecule has 1 rings (SSSR count). The number of halogens is 3. The van der Waals surface area contributed by atoms with Crippen LogP contribution in [0.15, 0.2) is 12.3 Å². The van der Waals surface area contributed by atoms with Crippen molar-refractivity contribution in [1.82, 2.24) is 9.97 Å². The maximum Gasteiger partial charge on any atom is 0.392 e. The normalized spacial score (nSPS) is 11.4. The predicted molar refractivity (Wildman–Crippen MR) is 42.9 cm³/mol. The van der Waals surface area contributed by atoms with Crippen LogP contribution >= 0.6 is 0 Å². The first-order chi connectivity index (χ1) is 6.47. The highest BCUT2D eigenvalue weighted by molar-refractivity contribution is 5.02. The van der Waals surface area contributed by atoms with Crippen molar-refractivity contribution in [2.45, 2.75) is 19.5 Å². The summed E-state index contributed by atoms with van der Waals surface area (Å²) in [6.07, 6.45) is -3.76. The zero-order valence-corrected chi connectivity index (χ0v) is 7.51. The third-order valence-electron chi connectivity index (χ3n) is 1.39. The van der Waals surface area contributed by atoms with Gasteiger partial charge < -0.3 is 4.74 Å². The van der Waals surface area contributed by atoms with E-state index in [1.807, 2.05) is 0 Å². The van der Waals surface area contributed by atoms with Crippen LogP contribution in [-0.4, -0.2) is 22.8 Å². The summed E-state index contributed by atoms with van der Waals surface area (Å²) >= 11 is 0. The summed E-state index contributed by atoms with van der Waals surface area (Å²) in [5.74, 6) is 0. The Labute approximate surface area is 78.9 Å². The lowest BCUT2D eigenvalue weighted by molar-refractivity contribution is -0.139. The first kappa shape index (κ1) is 10.7. The standard InChI is InChI=1S/C8H9F3N2O/c1-6-2-4-12-7(13-6)14-5-3-8(9,10)11/h2,4H,3,5H2,1H3. The Hall–Kier alpha value is -1.33. The van der Waals surface area contributed by atoms with E-state index >= 15 is 0 Å². The fourth-order valence-corrected chi connectivity index (χ4v) is 0.753. The van der Waals surface area contributed by atoms with Crippen molar-refractivity contribution in [3.63, 3.8) is 0 Å². The molecule has 1 aromatic rings. The number of hydrogen-bond acceptors (Lipinski definition) is 3. The zero-order valence-electron chi connectivity index (χ0n) is 7.51. The molecule has 0 N–H and O–H groups in total. The van der Waals surface area contributed by atoms with Gasteiger partial charge in [-0.2, -0.15) is 13.2 Å². The van der Waals surface area contributed by atoms with E-state index in [0.717, 1.165) is 0 Å². The molecule has 0 unspecified atom stereocenters. The molecule has 0 spiro atoms. The molecule has 78 valence electrons. The SMILES string of the molecule is Cc1ccnc(OCCC(F)(F)F)n1. The molecule has 0 aromatic carbocycles. The minimum Gasteiger partial charge on any atom is -0.463 e. The van der Waals surface area contributed by atoms with Crippen molar-refractivity contribution in [1.29, 1.82) is 0 Å². The molecular weight excluding hydrogens is 197 g/mol. The topological polar surface area (TPSA) is 35.0 Å². The molecule has 0 radical (unpaired) electrons. The molecule has 0 fully saturated rings. The number of ether oxygens (including phenoxy) is 1. The van der Waals surface area contributed by atoms with Crippen LogP contribution in [0.2, 0.25) is 0 Å². The van der Waals surface area contributed by atoms with E-state index in [0.29, 0.717) is 5.69 Å². The van der Waals surface area contributed by atoms with Crippen molar-refractivity contribution in [2.24, 2.45) is 0 Å². The molecule has 0 saturated carbocycles. The maximum absolute atomic E-state index is 11.7. The Balaban J connectivity index is 2.39. The molecule has 0 atom stereocenters. The van der Waals surface area contributed by atoms with Crippen LogP contribution in [0.3, 0.4) is 0 Å². The molecular formula is C8H9F3N2O. The second-order valence-corrected chi connectivity index (χ2v) is 2.69. The molecule has 0 aliphatic rings. The molecule has 0 amide bonds. The fraction of sp³-hybridized carbons (Fsp3) is 0.500. The maximum atomic E-state index is 11.7. The van der Waals surface area contributed by atoms with Gasteiger partial charge in [0.25, 0.3) is 0 Å². The van der Waals surface area contributed by atoms with Crippen molar-refractivity contribution >= 4 is 0 Å². The lowest BCUT2D eigenvalue weighted by Gasteiger charge is -2.06. The summed E-state index contributed by atoms with van der Waals surface area (Å²) in [5.41, 5.74) is 0.655. The first-order valence-electron chi connectivity index (χ1n) is 3.96. The van der Waals surface area contributed by atoms with Gasteiger partial charge in [-0.3, -0.25) is 0 Å². The Bertz CT molecular complexity index is 301. The van der Waals surface area contributed by atoms with Crippen LogP contribution in [0, 0.1) is 6.92 Å². The Morgan fingerprint density at radius 2 is 2.14 bits per heavy atom. The van der Waals surface area contributed by atoms with Gasteiger partial charge >= 0.3 is 12.2 Å². The third-order valence-corrected chi connectivity index (χ3v) is 1.39. The van der Waals surface area contributed by atoms with E-state index in [2.05, 4.69) is 9.97 Å². The Morgan fingerprint density at radius 3 is 2.71 bits per heavy atom. The van der Waals surface area contributed by atoms with Gasteiger partial charge in [-0.25, -0.2) is 9.97 Å². The summed E-state index contributed by atoms with van der Waals surface area (Å²) in [6, 6.07) is 1.62. The van der Waals surface area contributed by atoms with Crippen molar-refractivity contribution in [3.05, 3.63) is 18.0 Å². The monoisotopic (exact) mass is 206 g/mol. The smallest absolute Gasteiger partial charge is 0.392 e. The third kappa shape index (κ3) is 4.06. The van der Waals surface area contributed by atoms with Gasteiger partial charge in [-0.1, -0.05) is 0 Å².